The number of aromatic nitrogens is 1. The third kappa shape index (κ3) is 14.3. The van der Waals surface area contributed by atoms with Crippen molar-refractivity contribution >= 4 is 44.7 Å². The van der Waals surface area contributed by atoms with Gasteiger partial charge in [0.1, 0.15) is 6.15 Å². The van der Waals surface area contributed by atoms with Crippen LogP contribution in [0.4, 0.5) is 105 Å². The van der Waals surface area contributed by atoms with Crippen molar-refractivity contribution in [1.29, 1.82) is 0 Å². The molecule has 7 rings (SSSR count). The molecule has 81 heavy (non-hydrogen) atoms. The van der Waals surface area contributed by atoms with Crippen molar-refractivity contribution in [2.45, 2.75) is 56.0 Å². The Bertz CT molecular complexity index is 3030. The highest BCUT2D eigenvalue weighted by Crippen LogP contribution is 2.41. The predicted molar refractivity (Wildman–Crippen MR) is 237 cm³/mol. The van der Waals surface area contributed by atoms with Crippen LogP contribution in [0.15, 0.2) is 140 Å². The zero-order chi connectivity index (χ0) is 60.9. The predicted octanol–water partition coefficient (Wildman–Crippen LogP) is 13.8. The summed E-state index contributed by atoms with van der Waals surface area (Å²) in [4.78, 5) is 22.2. The van der Waals surface area contributed by atoms with Crippen molar-refractivity contribution < 1.29 is 124 Å². The minimum Gasteiger partial charge on any atom is -0.392 e. The van der Waals surface area contributed by atoms with E-state index >= 15 is 0 Å². The molecule has 0 amide bonds. The SMILES string of the molecule is FC(F)(F)c1cc([B-](c2cc(C(F)(F)F)cc(C(F)(F)F)c2)(c2cc(C(F)(F)F)cc(C(F)(F)F)c2)c2cc(C(F)(F)F)cc(C(F)(F)F)c2)cc(C(F)(F)F)c1.O=C(OC[N+](=O)[O-])c1c2ccccc2cc[n+]1Cc1ccccc1. The number of nitro groups is 1. The number of halogens is 24. The van der Waals surface area contributed by atoms with Crippen LogP contribution in [0.1, 0.15) is 60.6 Å². The average molecular weight is 1190 g/mol. The summed E-state index contributed by atoms with van der Waals surface area (Å²) in [6.07, 6.45) is -53.0. The fourth-order valence-electron chi connectivity index (χ4n) is 8.65. The first-order valence-corrected chi connectivity index (χ1v) is 22.0. The van der Waals surface area contributed by atoms with E-state index in [-0.39, 0.29) is 0 Å². The molecular weight excluding hydrogens is 1160 g/mol. The van der Waals surface area contributed by atoms with Crippen LogP contribution >= 0.6 is 0 Å². The summed E-state index contributed by atoms with van der Waals surface area (Å²) >= 11 is 0. The second-order valence-electron chi connectivity index (χ2n) is 17.5. The lowest BCUT2D eigenvalue weighted by molar-refractivity contribution is -0.689. The maximum atomic E-state index is 14.2. The zero-order valence-electron chi connectivity index (χ0n) is 39.4. The monoisotopic (exact) mass is 1190 g/mol. The third-order valence-corrected chi connectivity index (χ3v) is 12.1. The van der Waals surface area contributed by atoms with Gasteiger partial charge in [-0.2, -0.15) is 132 Å². The van der Waals surface area contributed by atoms with Crippen molar-refractivity contribution in [1.82, 2.24) is 0 Å². The molecule has 0 atom stereocenters. The molecule has 0 spiro atoms. The van der Waals surface area contributed by atoms with Gasteiger partial charge >= 0.3 is 62.1 Å². The number of carbonyl (C=O) groups excluding carboxylic acids is 1. The number of ether oxygens (including phenoxy) is 1. The highest BCUT2D eigenvalue weighted by Gasteiger charge is 2.47. The summed E-state index contributed by atoms with van der Waals surface area (Å²) in [5.74, 6) is -0.709. The minimum atomic E-state index is -6.13. The Balaban J connectivity index is 0.000000363. The second kappa shape index (κ2) is 21.8. The van der Waals surface area contributed by atoms with E-state index < -0.39 is 212 Å². The molecular formula is C50H27BF24N2O4. The van der Waals surface area contributed by atoms with Crippen LogP contribution in [0.3, 0.4) is 0 Å². The Hall–Kier alpha value is -8.02. The topological polar surface area (TPSA) is 73.3 Å². The largest absolute Gasteiger partial charge is 0.416 e. The molecule has 0 radical (unpaired) electrons. The van der Waals surface area contributed by atoms with Crippen LogP contribution < -0.4 is 26.4 Å². The lowest BCUT2D eigenvalue weighted by atomic mass is 9.12. The number of hydrogen-bond donors (Lipinski definition) is 0. The Labute approximate surface area is 436 Å². The minimum absolute atomic E-state index is 0.304. The molecule has 0 saturated heterocycles. The number of esters is 1. The van der Waals surface area contributed by atoms with Gasteiger partial charge < -0.3 is 4.74 Å². The van der Waals surface area contributed by atoms with E-state index in [0.717, 1.165) is 10.9 Å². The summed E-state index contributed by atoms with van der Waals surface area (Å²) in [5.41, 5.74) is -28.9. The van der Waals surface area contributed by atoms with Crippen LogP contribution in [0, 0.1) is 10.1 Å². The lowest BCUT2D eigenvalue weighted by Crippen LogP contribution is -2.75. The standard InChI is InChI=1S/C32H12BF24.C18H15N2O4/c34-25(35,36)13-1-14(26(37,38)39)6-21(5-13)33(22-7-15(27(40,41)42)2-16(8-22)28(43,44)45,23-9-17(29(46,47)48)3-18(10-23)30(49,50)51)24-11-19(31(52,53)54)4-20(12-24)32(55,56)57;21-18(24-13-20(22)23)17-16-9-5-4-8-15(16)10-11-19(17)12-14-6-2-1-3-7-14/h1-12H;1-11H,12-13H2/q-1;+1. The first-order chi connectivity index (χ1) is 36.9. The van der Waals surface area contributed by atoms with E-state index in [9.17, 15) is 120 Å². The van der Waals surface area contributed by atoms with Gasteiger partial charge in [-0.25, -0.2) is 4.79 Å². The van der Waals surface area contributed by atoms with E-state index in [4.69, 9.17) is 4.74 Å². The highest BCUT2D eigenvalue weighted by molar-refractivity contribution is 7.20. The van der Waals surface area contributed by atoms with Crippen molar-refractivity contribution in [3.05, 3.63) is 206 Å². The number of nitrogens with zero attached hydrogens (tertiary/aromatic N) is 2. The summed E-state index contributed by atoms with van der Waals surface area (Å²) in [7, 11) is 0. The van der Waals surface area contributed by atoms with Crippen molar-refractivity contribution in [2.24, 2.45) is 0 Å². The van der Waals surface area contributed by atoms with Gasteiger partial charge in [0.2, 0.25) is 0 Å². The molecule has 0 bridgehead atoms. The molecule has 0 saturated carbocycles. The van der Waals surface area contributed by atoms with Gasteiger partial charge in [0.25, 0.3) is 5.69 Å². The molecule has 0 unspecified atom stereocenters. The van der Waals surface area contributed by atoms with Gasteiger partial charge in [-0.05, 0) is 35.7 Å². The highest BCUT2D eigenvalue weighted by atomic mass is 19.4. The van der Waals surface area contributed by atoms with Crippen LogP contribution in [0.25, 0.3) is 10.8 Å². The fourth-order valence-corrected chi connectivity index (χ4v) is 8.65. The molecule has 6 aromatic carbocycles. The van der Waals surface area contributed by atoms with Gasteiger partial charge in [0.05, 0.1) is 54.8 Å². The number of fused-ring (bicyclic) bond motifs is 1. The number of alkyl halides is 24. The first kappa shape index (κ1) is 62.2. The molecule has 31 heteroatoms. The average Bonchev–Trinajstić information content (AvgIpc) is 2.97. The van der Waals surface area contributed by atoms with Gasteiger partial charge in [-0.15, -0.1) is 0 Å². The van der Waals surface area contributed by atoms with Gasteiger partial charge in [0.15, 0.2) is 12.7 Å². The molecule has 0 aliphatic heterocycles. The zero-order valence-corrected chi connectivity index (χ0v) is 39.4. The molecule has 0 aliphatic carbocycles. The number of hydrogen-bond acceptors (Lipinski definition) is 4. The molecule has 0 fully saturated rings. The Morgan fingerprint density at radius 3 is 0.988 bits per heavy atom. The fraction of sp³-hybridized carbons (Fsp3) is 0.200. The van der Waals surface area contributed by atoms with Gasteiger partial charge in [-0.1, -0.05) is 97.1 Å². The Morgan fingerprint density at radius 2 is 0.704 bits per heavy atom. The second-order valence-corrected chi connectivity index (χ2v) is 17.5. The van der Waals surface area contributed by atoms with Gasteiger partial charge in [0, 0.05) is 11.6 Å². The normalized spacial score (nSPS) is 13.2. The number of carbonyl (C=O) groups is 1. The van der Waals surface area contributed by atoms with Crippen LogP contribution in [-0.2, 0) is 60.7 Å². The quantitative estimate of drug-likeness (QED) is 0.0275. The smallest absolute Gasteiger partial charge is 0.392 e. The third-order valence-electron chi connectivity index (χ3n) is 12.1. The van der Waals surface area contributed by atoms with Crippen LogP contribution in [0.2, 0.25) is 0 Å². The first-order valence-electron chi connectivity index (χ1n) is 22.0. The maximum Gasteiger partial charge on any atom is 0.416 e. The van der Waals surface area contributed by atoms with Crippen molar-refractivity contribution in [3.8, 4) is 0 Å². The number of pyridine rings is 1. The molecule has 432 valence electrons. The van der Waals surface area contributed by atoms with Crippen molar-refractivity contribution in [3.63, 3.8) is 0 Å². The summed E-state index contributed by atoms with van der Waals surface area (Å²) in [6, 6.07) is 10.1. The van der Waals surface area contributed by atoms with E-state index in [2.05, 4.69) is 0 Å². The molecule has 7 aromatic rings. The summed E-state index contributed by atoms with van der Waals surface area (Å²) < 4.78 is 347. The molecule has 0 aliphatic rings. The lowest BCUT2D eigenvalue weighted by Gasteiger charge is -2.46. The molecule has 6 nitrogen and oxygen atoms in total. The van der Waals surface area contributed by atoms with E-state index in [1.165, 1.54) is 0 Å². The Kier molecular flexibility index (Phi) is 16.7. The molecule has 1 heterocycles. The summed E-state index contributed by atoms with van der Waals surface area (Å²) in [5, 5.41) is 12.1. The molecule has 1 aromatic heterocycles. The van der Waals surface area contributed by atoms with Gasteiger partial charge in [-0.3, -0.25) is 10.1 Å². The van der Waals surface area contributed by atoms with E-state index in [0.29, 0.717) is 17.6 Å². The van der Waals surface area contributed by atoms with E-state index in [1.807, 2.05) is 54.6 Å². The van der Waals surface area contributed by atoms with Crippen LogP contribution in [0.5, 0.6) is 0 Å². The molecule has 0 N–H and O–H groups in total. The van der Waals surface area contributed by atoms with Crippen molar-refractivity contribution in [2.75, 3.05) is 6.73 Å². The summed E-state index contributed by atoms with van der Waals surface area (Å²) in [6.45, 7) is -0.387. The Morgan fingerprint density at radius 1 is 0.420 bits per heavy atom. The van der Waals surface area contributed by atoms with E-state index in [1.54, 1.807) is 16.8 Å². The number of benzene rings is 6. The maximum absolute atomic E-state index is 14.2. The van der Waals surface area contributed by atoms with Crippen LogP contribution in [-0.4, -0.2) is 23.8 Å². The number of rotatable bonds is 9.